The van der Waals surface area contributed by atoms with Crippen LogP contribution in [0.1, 0.15) is 29.3 Å². The molecule has 1 aromatic heterocycles. The van der Waals surface area contributed by atoms with Gasteiger partial charge in [0.05, 0.1) is 5.69 Å². The second kappa shape index (κ2) is 5.92. The minimum absolute atomic E-state index is 0.212. The van der Waals surface area contributed by atoms with E-state index in [1.54, 1.807) is 17.4 Å². The summed E-state index contributed by atoms with van der Waals surface area (Å²) >= 11 is 4.93. The largest absolute Gasteiger partial charge is 0.319 e. The molecule has 2 nitrogen and oxygen atoms in total. The van der Waals surface area contributed by atoms with E-state index in [1.807, 2.05) is 13.1 Å². The number of hydrogen-bond donors (Lipinski definition) is 1. The molecule has 0 spiro atoms. The van der Waals surface area contributed by atoms with E-state index in [4.69, 9.17) is 4.98 Å². The lowest BCUT2D eigenvalue weighted by atomic mass is 9.91. The molecule has 0 amide bonds. The fourth-order valence-electron chi connectivity index (χ4n) is 2.73. The molecule has 106 valence electrons. The number of nitrogens with zero attached hydrogens (tertiary/aromatic N) is 1. The molecule has 3 rings (SSSR count). The van der Waals surface area contributed by atoms with Crippen LogP contribution in [0.3, 0.4) is 0 Å². The van der Waals surface area contributed by atoms with Gasteiger partial charge in [0.15, 0.2) is 0 Å². The van der Waals surface area contributed by atoms with Crippen LogP contribution < -0.4 is 5.32 Å². The molecule has 0 aliphatic heterocycles. The number of likely N-dealkylation sites (N-methyl/N-ethyl adjacent to an activating group) is 1. The molecule has 0 radical (unpaired) electrons. The third-order valence-electron chi connectivity index (χ3n) is 3.68. The van der Waals surface area contributed by atoms with Gasteiger partial charge in [0.25, 0.3) is 0 Å². The Morgan fingerprint density at radius 3 is 3.10 bits per heavy atom. The number of aryl methyl sites for hydroxylation is 1. The topological polar surface area (TPSA) is 24.9 Å². The van der Waals surface area contributed by atoms with Crippen LogP contribution in [-0.2, 0) is 6.42 Å². The lowest BCUT2D eigenvalue weighted by molar-refractivity contribution is 0.523. The first-order chi connectivity index (χ1) is 9.69. The number of hydrogen-bond acceptors (Lipinski definition) is 3. The van der Waals surface area contributed by atoms with Crippen molar-refractivity contribution >= 4 is 27.3 Å². The van der Waals surface area contributed by atoms with Crippen LogP contribution >= 0.6 is 27.3 Å². The van der Waals surface area contributed by atoms with E-state index < -0.39 is 0 Å². The molecular weight excluding hydrogens is 339 g/mol. The first kappa shape index (κ1) is 14.2. The predicted molar refractivity (Wildman–Crippen MR) is 84.8 cm³/mol. The summed E-state index contributed by atoms with van der Waals surface area (Å²) < 4.78 is 14.8. The number of aromatic nitrogens is 1. The third-order valence-corrected chi connectivity index (χ3v) is 5.34. The van der Waals surface area contributed by atoms with Crippen LogP contribution in [0.25, 0.3) is 10.6 Å². The van der Waals surface area contributed by atoms with Gasteiger partial charge in [-0.1, -0.05) is 15.9 Å². The molecule has 20 heavy (non-hydrogen) atoms. The number of thiazole rings is 1. The van der Waals surface area contributed by atoms with E-state index in [0.717, 1.165) is 22.4 Å². The molecule has 1 N–H and O–H groups in total. The maximum absolute atomic E-state index is 14.1. The van der Waals surface area contributed by atoms with Gasteiger partial charge in [0.1, 0.15) is 10.8 Å². The third kappa shape index (κ3) is 2.67. The standard InChI is InChI=1S/C15H16BrFN2S/c1-18-8-9-3-2-4-13-14(9)19-15(20-13)11-6-5-10(16)7-12(11)17/h5-7,9,18H,2-4,8H2,1H3. The highest BCUT2D eigenvalue weighted by Crippen LogP contribution is 2.38. The summed E-state index contributed by atoms with van der Waals surface area (Å²) in [4.78, 5) is 6.06. The number of benzene rings is 1. The smallest absolute Gasteiger partial charge is 0.134 e. The van der Waals surface area contributed by atoms with Crippen molar-refractivity contribution in [3.63, 3.8) is 0 Å². The summed E-state index contributed by atoms with van der Waals surface area (Å²) in [6, 6.07) is 5.17. The van der Waals surface area contributed by atoms with Gasteiger partial charge in [0.2, 0.25) is 0 Å². The predicted octanol–water partition coefficient (Wildman–Crippen LogP) is 4.35. The Kier molecular flexibility index (Phi) is 4.19. The fraction of sp³-hybridized carbons (Fsp3) is 0.400. The van der Waals surface area contributed by atoms with Crippen LogP contribution in [0.4, 0.5) is 4.39 Å². The molecule has 1 aliphatic rings. The Bertz CT molecular complexity index is 626. The summed E-state index contributed by atoms with van der Waals surface area (Å²) in [5.74, 6) is 0.253. The van der Waals surface area contributed by atoms with E-state index in [2.05, 4.69) is 21.2 Å². The van der Waals surface area contributed by atoms with Gasteiger partial charge < -0.3 is 5.32 Å². The van der Waals surface area contributed by atoms with E-state index >= 15 is 0 Å². The Balaban J connectivity index is 2.00. The lowest BCUT2D eigenvalue weighted by Gasteiger charge is -2.20. The number of rotatable bonds is 3. The molecule has 0 saturated carbocycles. The zero-order valence-corrected chi connectivity index (χ0v) is 13.7. The van der Waals surface area contributed by atoms with Gasteiger partial charge in [0, 0.05) is 27.4 Å². The average Bonchev–Trinajstić information content (AvgIpc) is 2.83. The van der Waals surface area contributed by atoms with E-state index in [0.29, 0.717) is 11.5 Å². The van der Waals surface area contributed by atoms with Gasteiger partial charge in [-0.25, -0.2) is 9.37 Å². The Morgan fingerprint density at radius 1 is 1.50 bits per heavy atom. The van der Waals surface area contributed by atoms with Crippen LogP contribution in [0.15, 0.2) is 22.7 Å². The van der Waals surface area contributed by atoms with Crippen molar-refractivity contribution in [2.24, 2.45) is 0 Å². The minimum atomic E-state index is -0.212. The summed E-state index contributed by atoms with van der Waals surface area (Å²) in [6.45, 7) is 0.943. The maximum atomic E-state index is 14.1. The highest BCUT2D eigenvalue weighted by molar-refractivity contribution is 9.10. The highest BCUT2D eigenvalue weighted by Gasteiger charge is 2.25. The van der Waals surface area contributed by atoms with Crippen molar-refractivity contribution in [1.29, 1.82) is 0 Å². The summed E-state index contributed by atoms with van der Waals surface area (Å²) in [5.41, 5.74) is 1.78. The molecule has 2 aromatic rings. The molecule has 1 unspecified atom stereocenters. The molecule has 0 bridgehead atoms. The molecule has 0 fully saturated rings. The average molecular weight is 355 g/mol. The summed E-state index contributed by atoms with van der Waals surface area (Å²) in [5, 5.41) is 4.04. The monoisotopic (exact) mass is 354 g/mol. The zero-order valence-electron chi connectivity index (χ0n) is 11.2. The molecule has 1 aromatic carbocycles. The minimum Gasteiger partial charge on any atom is -0.319 e. The van der Waals surface area contributed by atoms with Gasteiger partial charge >= 0.3 is 0 Å². The molecule has 5 heteroatoms. The Hall–Kier alpha value is -0.780. The first-order valence-electron chi connectivity index (χ1n) is 6.78. The van der Waals surface area contributed by atoms with Crippen LogP contribution in [0.5, 0.6) is 0 Å². The van der Waals surface area contributed by atoms with Crippen molar-refractivity contribution < 1.29 is 4.39 Å². The Labute approximate surface area is 130 Å². The number of nitrogens with one attached hydrogen (secondary N) is 1. The summed E-state index contributed by atoms with van der Waals surface area (Å²) in [7, 11) is 1.97. The normalized spacial score (nSPS) is 18.1. The van der Waals surface area contributed by atoms with Crippen molar-refractivity contribution in [3.8, 4) is 10.6 Å². The van der Waals surface area contributed by atoms with Crippen molar-refractivity contribution in [2.75, 3.05) is 13.6 Å². The molecule has 0 saturated heterocycles. The second-order valence-electron chi connectivity index (χ2n) is 5.10. The number of halogens is 2. The van der Waals surface area contributed by atoms with Gasteiger partial charge in [-0.15, -0.1) is 11.3 Å². The van der Waals surface area contributed by atoms with Crippen LogP contribution in [0.2, 0.25) is 0 Å². The van der Waals surface area contributed by atoms with Crippen molar-refractivity contribution in [3.05, 3.63) is 39.1 Å². The lowest BCUT2D eigenvalue weighted by Crippen LogP contribution is -2.20. The number of fused-ring (bicyclic) bond motifs is 1. The molecule has 1 aliphatic carbocycles. The van der Waals surface area contributed by atoms with E-state index in [-0.39, 0.29) is 5.82 Å². The molecular formula is C15H16BrFN2S. The maximum Gasteiger partial charge on any atom is 0.134 e. The van der Waals surface area contributed by atoms with Crippen molar-refractivity contribution in [2.45, 2.75) is 25.2 Å². The quantitative estimate of drug-likeness (QED) is 0.885. The first-order valence-corrected chi connectivity index (χ1v) is 8.39. The van der Waals surface area contributed by atoms with E-state index in [1.165, 1.54) is 29.5 Å². The van der Waals surface area contributed by atoms with E-state index in [9.17, 15) is 4.39 Å². The van der Waals surface area contributed by atoms with Gasteiger partial charge in [-0.3, -0.25) is 0 Å². The zero-order chi connectivity index (χ0) is 14.1. The fourth-order valence-corrected chi connectivity index (χ4v) is 4.28. The molecule has 1 heterocycles. The second-order valence-corrected chi connectivity index (χ2v) is 7.10. The van der Waals surface area contributed by atoms with Crippen molar-refractivity contribution in [1.82, 2.24) is 10.3 Å². The summed E-state index contributed by atoms with van der Waals surface area (Å²) in [6.07, 6.45) is 3.44. The Morgan fingerprint density at radius 2 is 2.35 bits per heavy atom. The van der Waals surface area contributed by atoms with Crippen LogP contribution in [-0.4, -0.2) is 18.6 Å². The van der Waals surface area contributed by atoms with Crippen LogP contribution in [0, 0.1) is 5.82 Å². The SMILES string of the molecule is CNCC1CCCc2sc(-c3ccc(Br)cc3F)nc21. The van der Waals surface area contributed by atoms with Gasteiger partial charge in [-0.05, 0) is 44.5 Å². The highest BCUT2D eigenvalue weighted by atomic mass is 79.9. The van der Waals surface area contributed by atoms with Gasteiger partial charge in [-0.2, -0.15) is 0 Å². The molecule has 1 atom stereocenters.